The minimum atomic E-state index is -0.605. The Morgan fingerprint density at radius 3 is 2.33 bits per heavy atom. The first kappa shape index (κ1) is 22.0. The molecule has 0 aliphatic heterocycles. The van der Waals surface area contributed by atoms with E-state index in [1.165, 1.54) is 0 Å². The van der Waals surface area contributed by atoms with Gasteiger partial charge in [-0.05, 0) is 36.6 Å². The molecule has 33 heavy (non-hydrogen) atoms. The lowest BCUT2D eigenvalue weighted by atomic mass is 10.1. The van der Waals surface area contributed by atoms with Gasteiger partial charge in [0, 0.05) is 17.4 Å². The molecule has 1 heterocycles. The van der Waals surface area contributed by atoms with Crippen LogP contribution in [0.15, 0.2) is 85.1 Å². The fraction of sp³-hybridized carbons (Fsp3) is 0.148. The minimum Gasteiger partial charge on any atom is -0.452 e. The van der Waals surface area contributed by atoms with Gasteiger partial charge in [-0.15, -0.1) is 0 Å². The molecule has 0 atom stereocenters. The van der Waals surface area contributed by atoms with Crippen LogP contribution < -0.4 is 5.32 Å². The number of hydrogen-bond donors (Lipinski definition) is 1. The number of ether oxygens (including phenoxy) is 1. The molecule has 0 saturated carbocycles. The standard InChI is InChI=1S/C27H25N3O3/c1-3-20-14-10-11-19(2)25(20)28-24(31)18-33-27(32)23-17-30(22-15-8-5-9-16-22)29-26(23)21-12-6-4-7-13-21/h4-17H,3,18H2,1-2H3,(H,28,31). The zero-order valence-electron chi connectivity index (χ0n) is 18.6. The first-order valence-corrected chi connectivity index (χ1v) is 10.8. The maximum absolute atomic E-state index is 13.0. The van der Waals surface area contributed by atoms with E-state index in [0.29, 0.717) is 11.3 Å². The zero-order chi connectivity index (χ0) is 23.2. The third-order valence-corrected chi connectivity index (χ3v) is 5.34. The van der Waals surface area contributed by atoms with Gasteiger partial charge in [-0.1, -0.05) is 73.7 Å². The summed E-state index contributed by atoms with van der Waals surface area (Å²) in [5.41, 5.74) is 5.16. The van der Waals surface area contributed by atoms with Crippen LogP contribution >= 0.6 is 0 Å². The van der Waals surface area contributed by atoms with Gasteiger partial charge < -0.3 is 10.1 Å². The lowest BCUT2D eigenvalue weighted by Crippen LogP contribution is -2.22. The molecule has 1 aromatic heterocycles. The summed E-state index contributed by atoms with van der Waals surface area (Å²) >= 11 is 0. The smallest absolute Gasteiger partial charge is 0.342 e. The van der Waals surface area contributed by atoms with E-state index in [-0.39, 0.29) is 12.5 Å². The van der Waals surface area contributed by atoms with Gasteiger partial charge in [0.25, 0.3) is 5.91 Å². The van der Waals surface area contributed by atoms with Crippen LogP contribution in [0.4, 0.5) is 5.69 Å². The molecule has 0 saturated heterocycles. The summed E-state index contributed by atoms with van der Waals surface area (Å²) in [5, 5.41) is 7.49. The SMILES string of the molecule is CCc1cccc(C)c1NC(=O)COC(=O)c1cn(-c2ccccc2)nc1-c1ccccc1. The molecule has 4 rings (SSSR count). The summed E-state index contributed by atoms with van der Waals surface area (Å²) in [6.45, 7) is 3.58. The van der Waals surface area contributed by atoms with Crippen molar-refractivity contribution in [3.63, 3.8) is 0 Å². The summed E-state index contributed by atoms with van der Waals surface area (Å²) in [5.74, 6) is -0.990. The van der Waals surface area contributed by atoms with Gasteiger partial charge in [0.1, 0.15) is 11.3 Å². The summed E-state index contributed by atoms with van der Waals surface area (Å²) in [7, 11) is 0. The van der Waals surface area contributed by atoms with Gasteiger partial charge in [0.2, 0.25) is 0 Å². The zero-order valence-corrected chi connectivity index (χ0v) is 18.6. The van der Waals surface area contributed by atoms with Crippen LogP contribution in [0.3, 0.4) is 0 Å². The van der Waals surface area contributed by atoms with Gasteiger partial charge >= 0.3 is 5.97 Å². The van der Waals surface area contributed by atoms with Crippen molar-refractivity contribution in [3.05, 3.63) is 102 Å². The van der Waals surface area contributed by atoms with Gasteiger partial charge in [-0.25, -0.2) is 9.48 Å². The highest BCUT2D eigenvalue weighted by Gasteiger charge is 2.21. The number of esters is 1. The first-order chi connectivity index (χ1) is 16.1. The number of carbonyl (C=O) groups is 2. The van der Waals surface area contributed by atoms with Crippen LogP contribution in [0.2, 0.25) is 0 Å². The largest absolute Gasteiger partial charge is 0.452 e. The van der Waals surface area contributed by atoms with Crippen molar-refractivity contribution < 1.29 is 14.3 Å². The van der Waals surface area contributed by atoms with E-state index in [4.69, 9.17) is 4.74 Å². The highest BCUT2D eigenvalue weighted by Crippen LogP contribution is 2.25. The van der Waals surface area contributed by atoms with E-state index in [9.17, 15) is 9.59 Å². The van der Waals surface area contributed by atoms with Crippen molar-refractivity contribution in [2.24, 2.45) is 0 Å². The summed E-state index contributed by atoms with van der Waals surface area (Å²) in [6.07, 6.45) is 2.42. The number of nitrogens with one attached hydrogen (secondary N) is 1. The Labute approximate surface area is 192 Å². The van der Waals surface area contributed by atoms with E-state index in [1.807, 2.05) is 92.7 Å². The molecule has 0 fully saturated rings. The molecule has 0 aliphatic carbocycles. The first-order valence-electron chi connectivity index (χ1n) is 10.8. The number of aromatic nitrogens is 2. The van der Waals surface area contributed by atoms with Crippen LogP contribution in [-0.2, 0) is 16.0 Å². The highest BCUT2D eigenvalue weighted by molar-refractivity contribution is 5.99. The summed E-state index contributed by atoms with van der Waals surface area (Å²) < 4.78 is 7.02. The third-order valence-electron chi connectivity index (χ3n) is 5.34. The number of aryl methyl sites for hydroxylation is 2. The number of carbonyl (C=O) groups excluding carboxylic acids is 2. The molecule has 4 aromatic rings. The van der Waals surface area contributed by atoms with Crippen LogP contribution in [0.5, 0.6) is 0 Å². The van der Waals surface area contributed by atoms with E-state index in [1.54, 1.807) is 10.9 Å². The molecule has 1 amide bonds. The molecule has 0 spiro atoms. The van der Waals surface area contributed by atoms with Gasteiger partial charge in [-0.2, -0.15) is 5.10 Å². The fourth-order valence-corrected chi connectivity index (χ4v) is 3.63. The second kappa shape index (κ2) is 9.96. The van der Waals surface area contributed by atoms with E-state index >= 15 is 0 Å². The Balaban J connectivity index is 1.54. The molecule has 0 aliphatic rings. The Bertz CT molecular complexity index is 1260. The number of anilines is 1. The number of rotatable bonds is 7. The molecule has 0 radical (unpaired) electrons. The number of amides is 1. The van der Waals surface area contributed by atoms with Gasteiger partial charge in [0.05, 0.1) is 5.69 Å². The molecule has 0 bridgehead atoms. The number of hydrogen-bond acceptors (Lipinski definition) is 4. The summed E-state index contributed by atoms with van der Waals surface area (Å²) in [4.78, 5) is 25.5. The Morgan fingerprint density at radius 1 is 0.939 bits per heavy atom. The average Bonchev–Trinajstić information content (AvgIpc) is 3.31. The molecule has 166 valence electrons. The molecule has 6 nitrogen and oxygen atoms in total. The lowest BCUT2D eigenvalue weighted by Gasteiger charge is -2.13. The second-order valence-corrected chi connectivity index (χ2v) is 7.62. The van der Waals surface area contributed by atoms with Gasteiger partial charge in [0.15, 0.2) is 6.61 Å². The maximum atomic E-state index is 13.0. The lowest BCUT2D eigenvalue weighted by molar-refractivity contribution is -0.119. The predicted octanol–water partition coefficient (Wildman–Crippen LogP) is 5.21. The quantitative estimate of drug-likeness (QED) is 0.402. The molecule has 3 aromatic carbocycles. The van der Waals surface area contributed by atoms with E-state index in [2.05, 4.69) is 10.4 Å². The Hall–Kier alpha value is -4.19. The Morgan fingerprint density at radius 2 is 1.64 bits per heavy atom. The van der Waals surface area contributed by atoms with Crippen LogP contribution in [0.1, 0.15) is 28.4 Å². The number of nitrogens with zero attached hydrogens (tertiary/aromatic N) is 2. The molecule has 1 N–H and O–H groups in total. The van der Waals surface area contributed by atoms with E-state index in [0.717, 1.165) is 34.5 Å². The number of benzene rings is 3. The molecule has 0 unspecified atom stereocenters. The Kier molecular flexibility index (Phi) is 6.64. The van der Waals surface area contributed by atoms with Gasteiger partial charge in [-0.3, -0.25) is 4.79 Å². The minimum absolute atomic E-state index is 0.294. The van der Waals surface area contributed by atoms with Crippen molar-refractivity contribution in [2.75, 3.05) is 11.9 Å². The topological polar surface area (TPSA) is 73.2 Å². The van der Waals surface area contributed by atoms with Crippen molar-refractivity contribution in [2.45, 2.75) is 20.3 Å². The average molecular weight is 440 g/mol. The normalized spacial score (nSPS) is 10.6. The van der Waals surface area contributed by atoms with Crippen LogP contribution in [-0.4, -0.2) is 28.3 Å². The van der Waals surface area contributed by atoms with E-state index < -0.39 is 5.97 Å². The van der Waals surface area contributed by atoms with Crippen LogP contribution in [0, 0.1) is 6.92 Å². The fourth-order valence-electron chi connectivity index (χ4n) is 3.63. The highest BCUT2D eigenvalue weighted by atomic mass is 16.5. The number of para-hydroxylation sites is 2. The van der Waals surface area contributed by atoms with Crippen molar-refractivity contribution in [1.82, 2.24) is 9.78 Å². The van der Waals surface area contributed by atoms with Crippen molar-refractivity contribution in [3.8, 4) is 16.9 Å². The molecular formula is C27H25N3O3. The third kappa shape index (κ3) is 5.01. The summed E-state index contributed by atoms with van der Waals surface area (Å²) in [6, 6.07) is 24.8. The molecular weight excluding hydrogens is 414 g/mol. The van der Waals surface area contributed by atoms with Crippen molar-refractivity contribution >= 4 is 17.6 Å². The van der Waals surface area contributed by atoms with Crippen molar-refractivity contribution in [1.29, 1.82) is 0 Å². The monoisotopic (exact) mass is 439 g/mol. The predicted molar refractivity (Wildman–Crippen MR) is 128 cm³/mol. The van der Waals surface area contributed by atoms with Crippen LogP contribution in [0.25, 0.3) is 16.9 Å². The second-order valence-electron chi connectivity index (χ2n) is 7.62. The molecule has 6 heteroatoms. The maximum Gasteiger partial charge on any atom is 0.342 e.